The molecule has 6 heteroatoms. The van der Waals surface area contributed by atoms with Gasteiger partial charge in [-0.15, -0.1) is 0 Å². The molecule has 0 aliphatic rings. The van der Waals surface area contributed by atoms with Gasteiger partial charge in [0.1, 0.15) is 5.75 Å². The van der Waals surface area contributed by atoms with E-state index in [9.17, 15) is 9.90 Å². The number of benzene rings is 3. The predicted octanol–water partition coefficient (Wildman–Crippen LogP) is 7.83. The molecule has 0 aliphatic carbocycles. The van der Waals surface area contributed by atoms with Crippen LogP contribution in [0.25, 0.3) is 10.9 Å². The number of aromatic carboxylic acids is 1. The van der Waals surface area contributed by atoms with Crippen LogP contribution in [0, 0.1) is 0 Å². The van der Waals surface area contributed by atoms with Crippen molar-refractivity contribution in [3.63, 3.8) is 0 Å². The third-order valence-corrected chi connectivity index (χ3v) is 5.88. The van der Waals surface area contributed by atoms with E-state index in [0.717, 1.165) is 30.3 Å². The van der Waals surface area contributed by atoms with E-state index in [1.165, 1.54) is 5.56 Å². The molecule has 1 aromatic heterocycles. The second-order valence-electron chi connectivity index (χ2n) is 7.71. The van der Waals surface area contributed by atoms with Gasteiger partial charge in [-0.3, -0.25) is 0 Å². The van der Waals surface area contributed by atoms with Gasteiger partial charge in [0.2, 0.25) is 0 Å². The van der Waals surface area contributed by atoms with E-state index in [1.807, 2.05) is 42.5 Å². The monoisotopic (exact) mass is 467 g/mol. The standard InChI is InChI=1S/C26H23Cl2NO3/c1-2-3-4-17-7-12-21(13-8-17)32-25-22-15-20(28)11-14-23(22)29(24(25)26(30)31)16-18-5-9-19(27)10-6-18/h5-15H,2-4,16H2,1H3,(H,30,31). The van der Waals surface area contributed by atoms with Gasteiger partial charge < -0.3 is 14.4 Å². The van der Waals surface area contributed by atoms with Crippen LogP contribution in [0.15, 0.2) is 66.7 Å². The van der Waals surface area contributed by atoms with Crippen molar-refractivity contribution in [1.82, 2.24) is 4.57 Å². The molecule has 3 aromatic carbocycles. The molecular weight excluding hydrogens is 445 g/mol. The number of halogens is 2. The topological polar surface area (TPSA) is 51.5 Å². The number of hydrogen-bond donors (Lipinski definition) is 1. The Morgan fingerprint density at radius 1 is 0.938 bits per heavy atom. The Hall–Kier alpha value is -2.95. The molecule has 4 rings (SSSR count). The minimum atomic E-state index is -1.07. The molecule has 0 radical (unpaired) electrons. The van der Waals surface area contributed by atoms with Gasteiger partial charge in [0, 0.05) is 22.0 Å². The summed E-state index contributed by atoms with van der Waals surface area (Å²) in [7, 11) is 0. The number of aryl methyl sites for hydroxylation is 1. The number of aromatic nitrogens is 1. The zero-order chi connectivity index (χ0) is 22.7. The predicted molar refractivity (Wildman–Crippen MR) is 130 cm³/mol. The fourth-order valence-electron chi connectivity index (χ4n) is 3.77. The molecule has 4 nitrogen and oxygen atoms in total. The van der Waals surface area contributed by atoms with Crippen LogP contribution < -0.4 is 4.74 Å². The van der Waals surface area contributed by atoms with Crippen LogP contribution in [0.5, 0.6) is 11.5 Å². The first-order valence-corrected chi connectivity index (χ1v) is 11.3. The van der Waals surface area contributed by atoms with Gasteiger partial charge in [0.15, 0.2) is 11.4 Å². The van der Waals surface area contributed by atoms with Crippen molar-refractivity contribution in [1.29, 1.82) is 0 Å². The summed E-state index contributed by atoms with van der Waals surface area (Å²) >= 11 is 12.3. The van der Waals surface area contributed by atoms with Crippen LogP contribution in [0.3, 0.4) is 0 Å². The second kappa shape index (κ2) is 9.68. The Bertz CT molecular complexity index is 1250. The quantitative estimate of drug-likeness (QED) is 0.287. The number of fused-ring (bicyclic) bond motifs is 1. The summed E-state index contributed by atoms with van der Waals surface area (Å²) in [6.07, 6.45) is 3.27. The van der Waals surface area contributed by atoms with Gasteiger partial charge >= 0.3 is 5.97 Å². The minimum absolute atomic E-state index is 0.0762. The second-order valence-corrected chi connectivity index (χ2v) is 8.58. The largest absolute Gasteiger partial charge is 0.476 e. The number of ether oxygens (including phenoxy) is 1. The van der Waals surface area contributed by atoms with Gasteiger partial charge in [0.05, 0.1) is 5.52 Å². The van der Waals surface area contributed by atoms with Crippen LogP contribution in [0.2, 0.25) is 10.0 Å². The smallest absolute Gasteiger partial charge is 0.356 e. The highest BCUT2D eigenvalue weighted by Gasteiger charge is 2.25. The van der Waals surface area contributed by atoms with Crippen LogP contribution in [-0.4, -0.2) is 15.6 Å². The van der Waals surface area contributed by atoms with Crippen molar-refractivity contribution in [3.05, 3.63) is 93.6 Å². The lowest BCUT2D eigenvalue weighted by Gasteiger charge is -2.10. The Balaban J connectivity index is 1.78. The Morgan fingerprint density at radius 2 is 1.59 bits per heavy atom. The fourth-order valence-corrected chi connectivity index (χ4v) is 4.07. The Labute approximate surface area is 197 Å². The molecule has 164 valence electrons. The third-order valence-electron chi connectivity index (χ3n) is 5.40. The summed E-state index contributed by atoms with van der Waals surface area (Å²) in [6, 6.07) is 20.4. The van der Waals surface area contributed by atoms with Gasteiger partial charge in [-0.2, -0.15) is 0 Å². The molecule has 1 heterocycles. The van der Waals surface area contributed by atoms with Crippen LogP contribution in [0.4, 0.5) is 0 Å². The number of unbranched alkanes of at least 4 members (excludes halogenated alkanes) is 1. The van der Waals surface area contributed by atoms with Crippen LogP contribution >= 0.6 is 23.2 Å². The number of carboxylic acids is 1. The molecular formula is C26H23Cl2NO3. The summed E-state index contributed by atoms with van der Waals surface area (Å²) < 4.78 is 7.89. The maximum atomic E-state index is 12.3. The third kappa shape index (κ3) is 4.77. The maximum Gasteiger partial charge on any atom is 0.356 e. The Kier molecular flexibility index (Phi) is 6.73. The molecule has 0 aliphatic heterocycles. The van der Waals surface area contributed by atoms with Crippen molar-refractivity contribution in [2.45, 2.75) is 32.7 Å². The van der Waals surface area contributed by atoms with E-state index < -0.39 is 5.97 Å². The minimum Gasteiger partial charge on any atom is -0.476 e. The van der Waals surface area contributed by atoms with Crippen molar-refractivity contribution >= 4 is 40.1 Å². The summed E-state index contributed by atoms with van der Waals surface area (Å²) in [4.78, 5) is 12.3. The molecule has 32 heavy (non-hydrogen) atoms. The van der Waals surface area contributed by atoms with E-state index in [4.69, 9.17) is 27.9 Å². The molecule has 0 amide bonds. The van der Waals surface area contributed by atoms with Crippen molar-refractivity contribution in [2.24, 2.45) is 0 Å². The molecule has 1 N–H and O–H groups in total. The van der Waals surface area contributed by atoms with Crippen molar-refractivity contribution in [3.8, 4) is 11.5 Å². The van der Waals surface area contributed by atoms with E-state index in [0.29, 0.717) is 27.7 Å². The number of carboxylic acid groups (broad SMARTS) is 1. The lowest BCUT2D eigenvalue weighted by Crippen LogP contribution is -2.10. The summed E-state index contributed by atoms with van der Waals surface area (Å²) in [5.41, 5.74) is 2.96. The molecule has 4 aromatic rings. The van der Waals surface area contributed by atoms with Crippen LogP contribution in [-0.2, 0) is 13.0 Å². The van der Waals surface area contributed by atoms with Crippen molar-refractivity contribution < 1.29 is 14.6 Å². The van der Waals surface area contributed by atoms with E-state index in [2.05, 4.69) is 6.92 Å². The zero-order valence-electron chi connectivity index (χ0n) is 17.6. The number of hydrogen-bond acceptors (Lipinski definition) is 2. The SMILES string of the molecule is CCCCc1ccc(Oc2c(C(=O)O)n(Cc3ccc(Cl)cc3)c3ccc(Cl)cc23)cc1. The molecule has 0 atom stereocenters. The van der Waals surface area contributed by atoms with E-state index in [-0.39, 0.29) is 11.4 Å². The van der Waals surface area contributed by atoms with E-state index in [1.54, 1.807) is 28.8 Å². The normalized spacial score (nSPS) is 11.1. The maximum absolute atomic E-state index is 12.3. The number of rotatable bonds is 8. The lowest BCUT2D eigenvalue weighted by molar-refractivity contribution is 0.0683. The number of nitrogens with zero attached hydrogens (tertiary/aromatic N) is 1. The molecule has 0 bridgehead atoms. The average molecular weight is 468 g/mol. The molecule has 0 saturated heterocycles. The molecule has 0 unspecified atom stereocenters. The fraction of sp³-hybridized carbons (Fsp3) is 0.192. The highest BCUT2D eigenvalue weighted by atomic mass is 35.5. The molecule has 0 spiro atoms. The zero-order valence-corrected chi connectivity index (χ0v) is 19.2. The van der Waals surface area contributed by atoms with Crippen molar-refractivity contribution in [2.75, 3.05) is 0 Å². The summed E-state index contributed by atoms with van der Waals surface area (Å²) in [5, 5.41) is 11.9. The Morgan fingerprint density at radius 3 is 2.25 bits per heavy atom. The highest BCUT2D eigenvalue weighted by Crippen LogP contribution is 2.38. The lowest BCUT2D eigenvalue weighted by atomic mass is 10.1. The van der Waals surface area contributed by atoms with Gasteiger partial charge in [-0.05, 0) is 66.4 Å². The van der Waals surface area contributed by atoms with Crippen LogP contribution in [0.1, 0.15) is 41.4 Å². The van der Waals surface area contributed by atoms with Gasteiger partial charge in [0.25, 0.3) is 0 Å². The van der Waals surface area contributed by atoms with E-state index >= 15 is 0 Å². The summed E-state index contributed by atoms with van der Waals surface area (Å²) in [6.45, 7) is 2.52. The van der Waals surface area contributed by atoms with Gasteiger partial charge in [-0.1, -0.05) is 60.8 Å². The first kappa shape index (κ1) is 22.3. The molecule has 0 fully saturated rings. The first-order valence-electron chi connectivity index (χ1n) is 10.5. The summed E-state index contributed by atoms with van der Waals surface area (Å²) in [5.74, 6) is -0.204. The first-order chi connectivity index (χ1) is 15.5. The number of carbonyl (C=O) groups is 1. The van der Waals surface area contributed by atoms with Gasteiger partial charge in [-0.25, -0.2) is 4.79 Å². The average Bonchev–Trinajstić information content (AvgIpc) is 3.07. The molecule has 0 saturated carbocycles. The highest BCUT2D eigenvalue weighted by molar-refractivity contribution is 6.31.